The average Bonchev–Trinajstić information content (AvgIpc) is 3.26. The summed E-state index contributed by atoms with van der Waals surface area (Å²) in [4.78, 5) is 22.4. The molecule has 0 radical (unpaired) electrons. The van der Waals surface area contributed by atoms with Crippen LogP contribution in [-0.2, 0) is 11.3 Å². The van der Waals surface area contributed by atoms with Crippen LogP contribution in [0.3, 0.4) is 0 Å². The molecule has 0 amide bonds. The van der Waals surface area contributed by atoms with Crippen molar-refractivity contribution in [2.24, 2.45) is 0 Å². The van der Waals surface area contributed by atoms with Crippen LogP contribution in [0.1, 0.15) is 23.0 Å². The zero-order valence-electron chi connectivity index (χ0n) is 15.4. The lowest BCUT2D eigenvalue weighted by Gasteiger charge is -2.19. The lowest BCUT2D eigenvalue weighted by molar-refractivity contribution is 0.0524. The van der Waals surface area contributed by atoms with E-state index in [1.807, 2.05) is 36.4 Å². The van der Waals surface area contributed by atoms with E-state index in [1.165, 1.54) is 6.20 Å². The number of imidazole rings is 1. The van der Waals surface area contributed by atoms with Gasteiger partial charge in [-0.15, -0.1) is 13.2 Å². The third-order valence-corrected chi connectivity index (χ3v) is 4.09. The van der Waals surface area contributed by atoms with Gasteiger partial charge < -0.3 is 9.72 Å². The van der Waals surface area contributed by atoms with Crippen LogP contribution in [0.15, 0.2) is 55.8 Å². The quantitative estimate of drug-likeness (QED) is 0.466. The summed E-state index contributed by atoms with van der Waals surface area (Å²) in [6.45, 7) is 11.5. The molecule has 3 rings (SSSR count). The normalized spacial score (nSPS) is 11.0. The molecule has 0 aliphatic carbocycles. The van der Waals surface area contributed by atoms with Crippen molar-refractivity contribution in [1.29, 1.82) is 0 Å². The van der Waals surface area contributed by atoms with Gasteiger partial charge in [0, 0.05) is 19.6 Å². The Morgan fingerprint density at radius 3 is 2.70 bits per heavy atom. The first kappa shape index (κ1) is 18.6. The van der Waals surface area contributed by atoms with Gasteiger partial charge in [-0.1, -0.05) is 24.3 Å². The molecule has 0 saturated carbocycles. The number of esters is 1. The highest BCUT2D eigenvalue weighted by atomic mass is 16.5. The lowest BCUT2D eigenvalue weighted by Crippen LogP contribution is -2.26. The molecule has 0 saturated heterocycles. The molecule has 2 heterocycles. The highest BCUT2D eigenvalue weighted by Crippen LogP contribution is 2.19. The van der Waals surface area contributed by atoms with Gasteiger partial charge in [0.25, 0.3) is 0 Å². The molecule has 7 nitrogen and oxygen atoms in total. The van der Waals surface area contributed by atoms with Crippen LogP contribution < -0.4 is 0 Å². The standard InChI is InChI=1S/C20H23N5O2/c1-4-11-24(12-5-2)14-18-15(19(26)27-6-3)13-21-25(18)20-22-16-9-7-8-10-17(16)23-20/h4-5,7-10,13H,1-2,6,11-12,14H2,3H3,(H,22,23). The SMILES string of the molecule is C=CCN(CC=C)Cc1c(C(=O)OCC)cnn1-c1nc2ccccc2[nH]1. The van der Waals surface area contributed by atoms with E-state index >= 15 is 0 Å². The number of para-hydroxylation sites is 2. The summed E-state index contributed by atoms with van der Waals surface area (Å²) in [7, 11) is 0. The minimum Gasteiger partial charge on any atom is -0.462 e. The number of hydrogen-bond acceptors (Lipinski definition) is 5. The topological polar surface area (TPSA) is 76.0 Å². The van der Waals surface area contributed by atoms with Gasteiger partial charge in [-0.2, -0.15) is 5.10 Å². The average molecular weight is 365 g/mol. The maximum atomic E-state index is 12.4. The van der Waals surface area contributed by atoms with Gasteiger partial charge in [-0.25, -0.2) is 14.5 Å². The largest absolute Gasteiger partial charge is 0.462 e. The molecular weight excluding hydrogens is 342 g/mol. The zero-order valence-corrected chi connectivity index (χ0v) is 15.4. The number of aromatic amines is 1. The summed E-state index contributed by atoms with van der Waals surface area (Å²) in [5.41, 5.74) is 2.87. The number of hydrogen-bond donors (Lipinski definition) is 1. The second-order valence-electron chi connectivity index (χ2n) is 5.99. The highest BCUT2D eigenvalue weighted by Gasteiger charge is 2.22. The number of nitrogens with one attached hydrogen (secondary N) is 1. The van der Waals surface area contributed by atoms with Crippen molar-refractivity contribution in [3.05, 3.63) is 67.0 Å². The molecule has 3 aromatic rings. The summed E-state index contributed by atoms with van der Waals surface area (Å²) in [6, 6.07) is 7.74. The van der Waals surface area contributed by atoms with E-state index in [0.717, 1.165) is 11.0 Å². The molecule has 0 unspecified atom stereocenters. The highest BCUT2D eigenvalue weighted by molar-refractivity contribution is 5.90. The number of H-pyrrole nitrogens is 1. The Hall–Kier alpha value is -3.19. The number of carbonyl (C=O) groups is 1. The van der Waals surface area contributed by atoms with Gasteiger partial charge in [0.1, 0.15) is 5.56 Å². The van der Waals surface area contributed by atoms with Crippen molar-refractivity contribution >= 4 is 17.0 Å². The number of ether oxygens (including phenoxy) is 1. The van der Waals surface area contributed by atoms with Crippen LogP contribution >= 0.6 is 0 Å². The fourth-order valence-electron chi connectivity index (χ4n) is 2.91. The molecule has 0 atom stereocenters. The Morgan fingerprint density at radius 1 is 1.30 bits per heavy atom. The van der Waals surface area contributed by atoms with Crippen molar-refractivity contribution < 1.29 is 9.53 Å². The van der Waals surface area contributed by atoms with E-state index in [9.17, 15) is 4.79 Å². The Labute approximate surface area is 158 Å². The summed E-state index contributed by atoms with van der Waals surface area (Å²) < 4.78 is 6.85. The monoisotopic (exact) mass is 365 g/mol. The lowest BCUT2D eigenvalue weighted by atomic mass is 10.2. The third kappa shape index (κ3) is 3.98. The maximum Gasteiger partial charge on any atom is 0.341 e. The van der Waals surface area contributed by atoms with E-state index in [0.29, 0.717) is 43.4 Å². The minimum atomic E-state index is -0.396. The first-order valence-electron chi connectivity index (χ1n) is 8.81. The maximum absolute atomic E-state index is 12.4. The van der Waals surface area contributed by atoms with Crippen molar-refractivity contribution in [3.63, 3.8) is 0 Å². The number of aromatic nitrogens is 4. The van der Waals surface area contributed by atoms with Gasteiger partial charge >= 0.3 is 5.97 Å². The van der Waals surface area contributed by atoms with Crippen LogP contribution in [-0.4, -0.2) is 50.3 Å². The van der Waals surface area contributed by atoms with Crippen LogP contribution in [0.5, 0.6) is 0 Å². The van der Waals surface area contributed by atoms with E-state index < -0.39 is 5.97 Å². The van der Waals surface area contributed by atoms with Gasteiger partial charge in [0.05, 0.1) is 29.5 Å². The summed E-state index contributed by atoms with van der Waals surface area (Å²) >= 11 is 0. The molecule has 0 spiro atoms. The second-order valence-corrected chi connectivity index (χ2v) is 5.99. The van der Waals surface area contributed by atoms with Gasteiger partial charge in [-0.05, 0) is 19.1 Å². The fourth-order valence-corrected chi connectivity index (χ4v) is 2.91. The van der Waals surface area contributed by atoms with Crippen LogP contribution in [0.4, 0.5) is 0 Å². The Kier molecular flexibility index (Phi) is 5.83. The third-order valence-electron chi connectivity index (χ3n) is 4.09. The van der Waals surface area contributed by atoms with Gasteiger partial charge in [0.2, 0.25) is 5.95 Å². The first-order chi connectivity index (χ1) is 13.2. The summed E-state index contributed by atoms with van der Waals surface area (Å²) in [5.74, 6) is 0.158. The Balaban J connectivity index is 2.05. The van der Waals surface area contributed by atoms with Gasteiger partial charge in [0.15, 0.2) is 0 Å². The van der Waals surface area contributed by atoms with E-state index in [4.69, 9.17) is 4.74 Å². The van der Waals surface area contributed by atoms with E-state index in [1.54, 1.807) is 11.6 Å². The van der Waals surface area contributed by atoms with E-state index in [2.05, 4.69) is 33.1 Å². The van der Waals surface area contributed by atoms with Gasteiger partial charge in [-0.3, -0.25) is 4.90 Å². The molecule has 0 aliphatic heterocycles. The smallest absolute Gasteiger partial charge is 0.341 e. The Bertz CT molecular complexity index is 913. The second kappa shape index (κ2) is 8.46. The number of fused-ring (bicyclic) bond motifs is 1. The Morgan fingerprint density at radius 2 is 2.04 bits per heavy atom. The molecule has 7 heteroatoms. The molecule has 2 aromatic heterocycles. The van der Waals surface area contributed by atoms with Crippen LogP contribution in [0, 0.1) is 0 Å². The molecular formula is C20H23N5O2. The minimum absolute atomic E-state index is 0.303. The van der Waals surface area contributed by atoms with E-state index in [-0.39, 0.29) is 0 Å². The van der Waals surface area contributed by atoms with Crippen molar-refractivity contribution in [2.45, 2.75) is 13.5 Å². The first-order valence-corrected chi connectivity index (χ1v) is 8.81. The predicted molar refractivity (Wildman–Crippen MR) is 105 cm³/mol. The molecule has 1 N–H and O–H groups in total. The molecule has 0 aliphatic rings. The molecule has 0 bridgehead atoms. The predicted octanol–water partition coefficient (Wildman–Crippen LogP) is 3.10. The van der Waals surface area contributed by atoms with Crippen LogP contribution in [0.25, 0.3) is 17.0 Å². The van der Waals surface area contributed by atoms with Crippen molar-refractivity contribution in [3.8, 4) is 5.95 Å². The number of rotatable bonds is 9. The number of benzene rings is 1. The summed E-state index contributed by atoms with van der Waals surface area (Å²) in [5, 5.41) is 4.40. The summed E-state index contributed by atoms with van der Waals surface area (Å²) in [6.07, 6.45) is 5.16. The molecule has 27 heavy (non-hydrogen) atoms. The molecule has 140 valence electrons. The number of carbonyl (C=O) groups excluding carboxylic acids is 1. The fraction of sp³-hybridized carbons (Fsp3) is 0.250. The number of nitrogens with zero attached hydrogens (tertiary/aromatic N) is 4. The van der Waals surface area contributed by atoms with Crippen molar-refractivity contribution in [1.82, 2.24) is 24.6 Å². The van der Waals surface area contributed by atoms with Crippen LogP contribution in [0.2, 0.25) is 0 Å². The molecule has 0 fully saturated rings. The van der Waals surface area contributed by atoms with Crippen molar-refractivity contribution in [2.75, 3.05) is 19.7 Å². The molecule has 1 aromatic carbocycles. The zero-order chi connectivity index (χ0) is 19.2.